The Kier molecular flexibility index (Phi) is 5.29. The van der Waals surface area contributed by atoms with Gasteiger partial charge in [-0.2, -0.15) is 0 Å². The molecule has 1 amide bonds. The first kappa shape index (κ1) is 13.0. The molecule has 0 fully saturated rings. The van der Waals surface area contributed by atoms with Crippen molar-refractivity contribution in [3.05, 3.63) is 35.4 Å². The van der Waals surface area contributed by atoms with Gasteiger partial charge < -0.3 is 10.4 Å². The summed E-state index contributed by atoms with van der Waals surface area (Å²) in [5.41, 5.74) is 1.60. The van der Waals surface area contributed by atoms with Gasteiger partial charge in [0, 0.05) is 18.0 Å². The number of amides is 1. The van der Waals surface area contributed by atoms with Crippen molar-refractivity contribution in [3.63, 3.8) is 0 Å². The van der Waals surface area contributed by atoms with Gasteiger partial charge in [0.1, 0.15) is 0 Å². The highest BCUT2D eigenvalue weighted by Gasteiger charge is 2.04. The van der Waals surface area contributed by atoms with Crippen molar-refractivity contribution in [1.82, 2.24) is 5.32 Å². The minimum absolute atomic E-state index is 0.123. The smallest absolute Gasteiger partial charge is 0.251 e. The maximum atomic E-state index is 11.6. The molecule has 0 aliphatic rings. The van der Waals surface area contributed by atoms with Crippen LogP contribution in [0.15, 0.2) is 24.3 Å². The number of hydrogen-bond donors (Lipinski definition) is 2. The summed E-state index contributed by atoms with van der Waals surface area (Å²) in [6, 6.07) is 7.15. The number of benzene rings is 1. The molecule has 0 bridgehead atoms. The van der Waals surface area contributed by atoms with Crippen LogP contribution in [0.3, 0.4) is 0 Å². The van der Waals surface area contributed by atoms with E-state index in [0.717, 1.165) is 5.56 Å². The molecule has 0 spiro atoms. The van der Waals surface area contributed by atoms with Crippen LogP contribution in [0.2, 0.25) is 0 Å². The molecular weight excluding hydrogens is 226 g/mol. The third kappa shape index (κ3) is 4.21. The van der Waals surface area contributed by atoms with Crippen molar-refractivity contribution >= 4 is 17.5 Å². The number of aliphatic hydroxyl groups is 1. The van der Waals surface area contributed by atoms with E-state index in [-0.39, 0.29) is 12.0 Å². The summed E-state index contributed by atoms with van der Waals surface area (Å²) >= 11 is 5.65. The Morgan fingerprint density at radius 3 is 2.56 bits per heavy atom. The van der Waals surface area contributed by atoms with Gasteiger partial charge in [0.2, 0.25) is 0 Å². The summed E-state index contributed by atoms with van der Waals surface area (Å²) in [5, 5.41) is 11.8. The van der Waals surface area contributed by atoms with Crippen LogP contribution in [-0.2, 0) is 5.88 Å². The molecule has 1 aromatic rings. The Bertz CT molecular complexity index is 335. The summed E-state index contributed by atoms with van der Waals surface area (Å²) < 4.78 is 0. The first-order chi connectivity index (χ1) is 7.63. The fraction of sp³-hybridized carbons (Fsp3) is 0.417. The zero-order chi connectivity index (χ0) is 12.0. The van der Waals surface area contributed by atoms with Crippen molar-refractivity contribution in [1.29, 1.82) is 0 Å². The molecule has 88 valence electrons. The topological polar surface area (TPSA) is 49.3 Å². The van der Waals surface area contributed by atoms with Gasteiger partial charge >= 0.3 is 0 Å². The second kappa shape index (κ2) is 6.51. The third-order valence-corrected chi connectivity index (χ3v) is 2.53. The van der Waals surface area contributed by atoms with E-state index in [1.165, 1.54) is 0 Å². The molecule has 0 saturated heterocycles. The first-order valence-corrected chi connectivity index (χ1v) is 5.78. The monoisotopic (exact) mass is 241 g/mol. The summed E-state index contributed by atoms with van der Waals surface area (Å²) in [6.45, 7) is 2.18. The van der Waals surface area contributed by atoms with Crippen LogP contribution in [0.1, 0.15) is 29.3 Å². The lowest BCUT2D eigenvalue weighted by atomic mass is 10.1. The number of nitrogens with one attached hydrogen (secondary N) is 1. The van der Waals surface area contributed by atoms with Crippen LogP contribution in [0.5, 0.6) is 0 Å². The highest BCUT2D eigenvalue weighted by Crippen LogP contribution is 2.06. The maximum absolute atomic E-state index is 11.6. The molecule has 0 saturated carbocycles. The molecule has 1 aromatic carbocycles. The average molecular weight is 242 g/mol. The lowest BCUT2D eigenvalue weighted by Gasteiger charge is -2.07. The second-order valence-corrected chi connectivity index (χ2v) is 3.99. The normalized spacial score (nSPS) is 12.2. The minimum Gasteiger partial charge on any atom is -0.393 e. The van der Waals surface area contributed by atoms with E-state index in [4.69, 9.17) is 16.7 Å². The molecule has 0 aliphatic carbocycles. The fourth-order valence-corrected chi connectivity index (χ4v) is 1.42. The van der Waals surface area contributed by atoms with Crippen molar-refractivity contribution in [2.24, 2.45) is 0 Å². The van der Waals surface area contributed by atoms with Crippen LogP contribution >= 0.6 is 11.6 Å². The lowest BCUT2D eigenvalue weighted by molar-refractivity contribution is 0.0945. The Labute approximate surface area is 100 Å². The van der Waals surface area contributed by atoms with Crippen LogP contribution in [-0.4, -0.2) is 23.7 Å². The molecule has 0 heterocycles. The largest absolute Gasteiger partial charge is 0.393 e. The number of aliphatic hydroxyl groups excluding tert-OH is 1. The number of carbonyl (C=O) groups excluding carboxylic acids is 1. The van der Waals surface area contributed by atoms with E-state index >= 15 is 0 Å². The third-order valence-electron chi connectivity index (χ3n) is 2.22. The second-order valence-electron chi connectivity index (χ2n) is 3.72. The number of hydrogen-bond acceptors (Lipinski definition) is 2. The molecular formula is C12H16ClNO2. The zero-order valence-electron chi connectivity index (χ0n) is 9.24. The van der Waals surface area contributed by atoms with Crippen molar-refractivity contribution in [2.75, 3.05) is 6.54 Å². The van der Waals surface area contributed by atoms with Gasteiger partial charge in [0.15, 0.2) is 0 Å². The van der Waals surface area contributed by atoms with Gasteiger partial charge in [0.05, 0.1) is 6.10 Å². The highest BCUT2D eigenvalue weighted by molar-refractivity contribution is 6.17. The van der Waals surface area contributed by atoms with Crippen LogP contribution in [0, 0.1) is 0 Å². The van der Waals surface area contributed by atoms with Gasteiger partial charge in [-0.05, 0) is 31.0 Å². The molecule has 2 N–H and O–H groups in total. The number of rotatable bonds is 5. The van der Waals surface area contributed by atoms with Crippen LogP contribution in [0.4, 0.5) is 0 Å². The van der Waals surface area contributed by atoms with Crippen molar-refractivity contribution in [2.45, 2.75) is 25.3 Å². The molecule has 0 radical (unpaired) electrons. The molecule has 1 unspecified atom stereocenters. The summed E-state index contributed by atoms with van der Waals surface area (Å²) in [7, 11) is 0. The van der Waals surface area contributed by atoms with Gasteiger partial charge in [-0.1, -0.05) is 12.1 Å². The molecule has 1 rings (SSSR count). The number of halogens is 1. The lowest BCUT2D eigenvalue weighted by Crippen LogP contribution is -2.26. The van der Waals surface area contributed by atoms with Crippen LogP contribution in [0.25, 0.3) is 0 Å². The SMILES string of the molecule is CC(O)CCNC(=O)c1ccc(CCl)cc1. The van der Waals surface area contributed by atoms with Crippen LogP contribution < -0.4 is 5.32 Å². The zero-order valence-corrected chi connectivity index (χ0v) is 10.00. The predicted molar refractivity (Wildman–Crippen MR) is 64.6 cm³/mol. The Balaban J connectivity index is 2.46. The Morgan fingerprint density at radius 1 is 1.44 bits per heavy atom. The molecule has 16 heavy (non-hydrogen) atoms. The van der Waals surface area contributed by atoms with Gasteiger partial charge in [-0.3, -0.25) is 4.79 Å². The van der Waals surface area contributed by atoms with Crippen molar-refractivity contribution in [3.8, 4) is 0 Å². The average Bonchev–Trinajstić information content (AvgIpc) is 2.28. The van der Waals surface area contributed by atoms with E-state index in [9.17, 15) is 4.79 Å². The first-order valence-electron chi connectivity index (χ1n) is 5.24. The van der Waals surface area contributed by atoms with Gasteiger partial charge in [-0.25, -0.2) is 0 Å². The number of carbonyl (C=O) groups is 1. The van der Waals surface area contributed by atoms with E-state index in [0.29, 0.717) is 24.4 Å². The van der Waals surface area contributed by atoms with Gasteiger partial charge in [0.25, 0.3) is 5.91 Å². The van der Waals surface area contributed by atoms with E-state index < -0.39 is 0 Å². The van der Waals surface area contributed by atoms with Gasteiger partial charge in [-0.15, -0.1) is 11.6 Å². The molecule has 3 nitrogen and oxygen atoms in total. The molecule has 0 aromatic heterocycles. The predicted octanol–water partition coefficient (Wildman–Crippen LogP) is 1.93. The maximum Gasteiger partial charge on any atom is 0.251 e. The highest BCUT2D eigenvalue weighted by atomic mass is 35.5. The van der Waals surface area contributed by atoms with E-state index in [2.05, 4.69) is 5.32 Å². The minimum atomic E-state index is -0.390. The Morgan fingerprint density at radius 2 is 2.06 bits per heavy atom. The molecule has 0 aliphatic heterocycles. The summed E-state index contributed by atoms with van der Waals surface area (Å²) in [6.07, 6.45) is 0.171. The fourth-order valence-electron chi connectivity index (χ4n) is 1.24. The quantitative estimate of drug-likeness (QED) is 0.774. The summed E-state index contributed by atoms with van der Waals surface area (Å²) in [5.74, 6) is 0.325. The molecule has 4 heteroatoms. The summed E-state index contributed by atoms with van der Waals surface area (Å²) in [4.78, 5) is 11.6. The standard InChI is InChI=1S/C12H16ClNO2/c1-9(15)6-7-14-12(16)11-4-2-10(8-13)3-5-11/h2-5,9,15H,6-8H2,1H3,(H,14,16). The Hall–Kier alpha value is -1.06. The molecule has 1 atom stereocenters. The van der Waals surface area contributed by atoms with E-state index in [1.807, 2.05) is 12.1 Å². The van der Waals surface area contributed by atoms with Crippen molar-refractivity contribution < 1.29 is 9.90 Å². The number of alkyl halides is 1. The van der Waals surface area contributed by atoms with E-state index in [1.54, 1.807) is 19.1 Å².